The summed E-state index contributed by atoms with van der Waals surface area (Å²) in [5.41, 5.74) is 0.881. The molecule has 10 nitrogen and oxygen atoms in total. The van der Waals surface area contributed by atoms with Crippen LogP contribution in [0.3, 0.4) is 0 Å². The number of carboxylic acids is 2. The highest BCUT2D eigenvalue weighted by Crippen LogP contribution is 2.32. The predicted molar refractivity (Wildman–Crippen MR) is 147 cm³/mol. The van der Waals surface area contributed by atoms with Crippen LogP contribution < -0.4 is 9.47 Å². The fourth-order valence-electron chi connectivity index (χ4n) is 3.35. The molecule has 0 aliphatic heterocycles. The van der Waals surface area contributed by atoms with E-state index in [2.05, 4.69) is 32.6 Å². The molecular weight excluding hydrogens is 530 g/mol. The number of nitrogens with zero attached hydrogens (tertiary/aromatic N) is 1. The molecule has 2 aromatic rings. The molecule has 11 heteroatoms. The van der Waals surface area contributed by atoms with Gasteiger partial charge in [-0.3, -0.25) is 9.69 Å². The summed E-state index contributed by atoms with van der Waals surface area (Å²) in [6, 6.07) is 15.6. The quantitative estimate of drug-likeness (QED) is 0.209. The van der Waals surface area contributed by atoms with E-state index in [1.54, 1.807) is 24.3 Å². The summed E-state index contributed by atoms with van der Waals surface area (Å²) in [6.45, 7) is 11.5. The molecule has 2 atom stereocenters. The summed E-state index contributed by atoms with van der Waals surface area (Å²) in [6.07, 6.45) is -2.82. The van der Waals surface area contributed by atoms with Crippen molar-refractivity contribution in [1.29, 1.82) is 0 Å². The normalized spacial score (nSPS) is 12.9. The van der Waals surface area contributed by atoms with Crippen LogP contribution in [-0.2, 0) is 14.4 Å². The molecule has 0 spiro atoms. The molecule has 0 aromatic heterocycles. The van der Waals surface area contributed by atoms with Gasteiger partial charge in [-0.2, -0.15) is 0 Å². The lowest BCUT2D eigenvalue weighted by molar-refractivity contribution is -0.165. The van der Waals surface area contributed by atoms with Gasteiger partial charge >= 0.3 is 11.9 Å². The Labute approximate surface area is 233 Å². The van der Waals surface area contributed by atoms with Crippen molar-refractivity contribution in [1.82, 2.24) is 4.90 Å². The van der Waals surface area contributed by atoms with E-state index >= 15 is 0 Å². The Morgan fingerprint density at radius 3 is 1.90 bits per heavy atom. The molecule has 4 N–H and O–H groups in total. The number of carboxylic acid groups (broad SMARTS) is 2. The van der Waals surface area contributed by atoms with Crippen LogP contribution in [0.15, 0.2) is 54.3 Å². The Morgan fingerprint density at radius 2 is 1.44 bits per heavy atom. The molecular formula is C28H36ClNO9. The minimum atomic E-state index is -2.27. The summed E-state index contributed by atoms with van der Waals surface area (Å²) < 4.78 is 11.9. The first-order valence-corrected chi connectivity index (χ1v) is 12.6. The van der Waals surface area contributed by atoms with Gasteiger partial charge in [0.15, 0.2) is 35.2 Å². The van der Waals surface area contributed by atoms with Crippen molar-refractivity contribution in [2.75, 3.05) is 13.2 Å². The SMILES string of the molecule is CC(=O)/C(=C/c1ccccc1)Oc1cc(Cl)ccc1OCCN(C(C)C)C(C)C.O=C(O)C(O)C(O)C(=O)O. The van der Waals surface area contributed by atoms with E-state index in [4.69, 9.17) is 41.5 Å². The predicted octanol–water partition coefficient (Wildman–Crippen LogP) is 3.72. The van der Waals surface area contributed by atoms with E-state index in [9.17, 15) is 14.4 Å². The molecule has 0 amide bonds. The number of carbonyl (C=O) groups is 3. The molecule has 0 radical (unpaired) electrons. The molecule has 0 bridgehead atoms. The number of aliphatic hydroxyl groups is 2. The molecule has 2 aromatic carbocycles. The molecule has 2 rings (SSSR count). The van der Waals surface area contributed by atoms with Gasteiger partial charge in [-0.1, -0.05) is 41.9 Å². The smallest absolute Gasteiger partial charge is 0.335 e. The third-order valence-corrected chi connectivity index (χ3v) is 5.54. The van der Waals surface area contributed by atoms with E-state index in [-0.39, 0.29) is 11.5 Å². The standard InChI is InChI=1S/C24H30ClNO3.C4H6O6/c1-17(2)26(18(3)4)13-14-28-22-12-11-21(25)16-24(22)29-23(19(5)27)15-20-9-7-6-8-10-20;5-1(3(7)8)2(6)4(9)10/h6-12,15-18H,13-14H2,1-5H3;1-2,5-6H,(H,7,8)(H,9,10)/b23-15-;. The van der Waals surface area contributed by atoms with Gasteiger partial charge in [-0.25, -0.2) is 9.59 Å². The molecule has 214 valence electrons. The van der Waals surface area contributed by atoms with Crippen LogP contribution in [0.2, 0.25) is 5.02 Å². The van der Waals surface area contributed by atoms with Gasteiger partial charge in [0, 0.05) is 36.6 Å². The molecule has 0 saturated carbocycles. The van der Waals surface area contributed by atoms with Crippen molar-refractivity contribution in [3.05, 3.63) is 64.9 Å². The molecule has 0 aliphatic carbocycles. The second-order valence-corrected chi connectivity index (χ2v) is 9.44. The molecule has 2 unspecified atom stereocenters. The Bertz CT molecular complexity index is 1090. The Kier molecular flexibility index (Phi) is 14.2. The number of aliphatic hydroxyl groups excluding tert-OH is 2. The monoisotopic (exact) mass is 565 g/mol. The lowest BCUT2D eigenvalue weighted by Gasteiger charge is -2.30. The first-order chi connectivity index (χ1) is 18.2. The number of hydrogen-bond donors (Lipinski definition) is 4. The van der Waals surface area contributed by atoms with Gasteiger partial charge in [0.1, 0.15) is 6.61 Å². The van der Waals surface area contributed by atoms with Crippen LogP contribution in [0.1, 0.15) is 40.2 Å². The lowest BCUT2D eigenvalue weighted by Crippen LogP contribution is -2.39. The maximum atomic E-state index is 12.1. The number of benzene rings is 2. The molecule has 0 aliphatic rings. The minimum Gasteiger partial charge on any atom is -0.488 e. The van der Waals surface area contributed by atoms with Gasteiger partial charge in [0.2, 0.25) is 0 Å². The summed E-state index contributed by atoms with van der Waals surface area (Å²) in [5, 5.41) is 33.0. The second-order valence-electron chi connectivity index (χ2n) is 9.01. The number of halogens is 1. The minimum absolute atomic E-state index is 0.175. The van der Waals surface area contributed by atoms with Gasteiger partial charge in [-0.15, -0.1) is 0 Å². The van der Waals surface area contributed by atoms with Crippen molar-refractivity contribution in [2.45, 2.75) is 58.9 Å². The van der Waals surface area contributed by atoms with Gasteiger partial charge in [-0.05, 0) is 51.5 Å². The molecule has 0 fully saturated rings. The van der Waals surface area contributed by atoms with E-state index in [0.717, 1.165) is 12.1 Å². The van der Waals surface area contributed by atoms with Crippen molar-refractivity contribution in [3.8, 4) is 11.5 Å². The van der Waals surface area contributed by atoms with E-state index in [1.165, 1.54) is 6.92 Å². The van der Waals surface area contributed by atoms with Crippen LogP contribution in [-0.4, -0.2) is 80.5 Å². The maximum Gasteiger partial charge on any atom is 0.335 e. The van der Waals surface area contributed by atoms with Gasteiger partial charge in [0.25, 0.3) is 0 Å². The van der Waals surface area contributed by atoms with E-state index < -0.39 is 24.1 Å². The van der Waals surface area contributed by atoms with E-state index in [1.807, 2.05) is 30.3 Å². The highest BCUT2D eigenvalue weighted by molar-refractivity contribution is 6.30. The maximum absolute atomic E-state index is 12.1. The Morgan fingerprint density at radius 1 is 0.897 bits per heavy atom. The molecule has 39 heavy (non-hydrogen) atoms. The zero-order chi connectivity index (χ0) is 29.7. The average Bonchev–Trinajstić information content (AvgIpc) is 2.86. The number of allylic oxidation sites excluding steroid dienone is 1. The highest BCUT2D eigenvalue weighted by atomic mass is 35.5. The van der Waals surface area contributed by atoms with Crippen LogP contribution in [0.4, 0.5) is 0 Å². The van der Waals surface area contributed by atoms with Crippen molar-refractivity contribution < 1.29 is 44.3 Å². The number of carbonyl (C=O) groups excluding carboxylic acids is 1. The zero-order valence-electron chi connectivity index (χ0n) is 22.6. The fourth-order valence-corrected chi connectivity index (χ4v) is 3.51. The molecule has 0 saturated heterocycles. The number of Topliss-reactive ketones (excluding diaryl/α,β-unsaturated/α-hetero) is 1. The summed E-state index contributed by atoms with van der Waals surface area (Å²) in [4.78, 5) is 34.0. The first-order valence-electron chi connectivity index (χ1n) is 12.2. The number of hydrogen-bond acceptors (Lipinski definition) is 8. The second kappa shape index (κ2) is 16.5. The largest absolute Gasteiger partial charge is 0.488 e. The van der Waals surface area contributed by atoms with Gasteiger partial charge < -0.3 is 29.9 Å². The number of ketones is 1. The first kappa shape index (κ1) is 33.6. The Hall–Kier alpha value is -3.44. The number of rotatable bonds is 13. The van der Waals surface area contributed by atoms with Crippen LogP contribution in [0.25, 0.3) is 6.08 Å². The summed E-state index contributed by atoms with van der Waals surface area (Å²) >= 11 is 6.16. The molecule has 0 heterocycles. The van der Waals surface area contributed by atoms with Crippen molar-refractivity contribution in [3.63, 3.8) is 0 Å². The topological polar surface area (TPSA) is 154 Å². The summed E-state index contributed by atoms with van der Waals surface area (Å²) in [7, 11) is 0. The summed E-state index contributed by atoms with van der Waals surface area (Å²) in [5.74, 6) is -2.50. The van der Waals surface area contributed by atoms with E-state index in [0.29, 0.717) is 35.2 Å². The highest BCUT2D eigenvalue weighted by Gasteiger charge is 2.29. The van der Waals surface area contributed by atoms with Crippen LogP contribution in [0.5, 0.6) is 11.5 Å². The fraction of sp³-hybridized carbons (Fsp3) is 0.393. The van der Waals surface area contributed by atoms with Crippen LogP contribution >= 0.6 is 11.6 Å². The lowest BCUT2D eigenvalue weighted by atomic mass is 10.2. The average molecular weight is 566 g/mol. The van der Waals surface area contributed by atoms with Gasteiger partial charge in [0.05, 0.1) is 0 Å². The Balaban J connectivity index is 0.000000646. The zero-order valence-corrected chi connectivity index (χ0v) is 23.3. The van der Waals surface area contributed by atoms with Crippen molar-refractivity contribution >= 4 is 35.4 Å². The third kappa shape index (κ3) is 11.9. The number of ether oxygens (including phenoxy) is 2. The van der Waals surface area contributed by atoms with Crippen LogP contribution in [0, 0.1) is 0 Å². The van der Waals surface area contributed by atoms with Crippen molar-refractivity contribution in [2.24, 2.45) is 0 Å². The third-order valence-electron chi connectivity index (χ3n) is 5.31. The number of aliphatic carboxylic acids is 2.